The first-order valence-corrected chi connectivity index (χ1v) is 5.86. The van der Waals surface area contributed by atoms with Gasteiger partial charge in [-0.15, -0.1) is 0 Å². The second-order valence-electron chi connectivity index (χ2n) is 3.94. The first-order valence-electron chi connectivity index (χ1n) is 5.49. The van der Waals surface area contributed by atoms with Gasteiger partial charge in [0.15, 0.2) is 12.7 Å². The molecule has 0 saturated carbocycles. The zero-order chi connectivity index (χ0) is 13.0. The van der Waals surface area contributed by atoms with Crippen LogP contribution >= 0.6 is 11.6 Å². The van der Waals surface area contributed by atoms with Gasteiger partial charge in [0.25, 0.3) is 12.2 Å². The van der Waals surface area contributed by atoms with Crippen LogP contribution in [0.15, 0.2) is 48.7 Å². The van der Waals surface area contributed by atoms with E-state index in [1.165, 1.54) is 0 Å². The maximum absolute atomic E-state index is 10.6. The zero-order valence-electron chi connectivity index (χ0n) is 9.62. The van der Waals surface area contributed by atoms with Gasteiger partial charge in [0.1, 0.15) is 0 Å². The number of pyridine rings is 1. The van der Waals surface area contributed by atoms with Crippen LogP contribution in [0.25, 0.3) is 0 Å². The average molecular weight is 264 g/mol. The normalized spacial score (nSPS) is 10.3. The summed E-state index contributed by atoms with van der Waals surface area (Å²) in [6, 6.07) is 12.9. The lowest BCUT2D eigenvalue weighted by molar-refractivity contribution is -0.708. The SMILES string of the molecule is O=[N+]([O-])Cc1cccc[n+]1Cc1ccc(Cl)cc1. The van der Waals surface area contributed by atoms with Gasteiger partial charge in [-0.05, 0) is 18.2 Å². The second-order valence-corrected chi connectivity index (χ2v) is 4.37. The summed E-state index contributed by atoms with van der Waals surface area (Å²) >= 11 is 5.82. The molecule has 5 heteroatoms. The molecular weight excluding hydrogens is 252 g/mol. The van der Waals surface area contributed by atoms with Gasteiger partial charge in [-0.1, -0.05) is 23.7 Å². The van der Waals surface area contributed by atoms with Crippen LogP contribution in [-0.2, 0) is 13.1 Å². The van der Waals surface area contributed by atoms with Crippen LogP contribution in [0.4, 0.5) is 0 Å². The van der Waals surface area contributed by atoms with Gasteiger partial charge < -0.3 is 0 Å². The maximum Gasteiger partial charge on any atom is 0.286 e. The van der Waals surface area contributed by atoms with Crippen molar-refractivity contribution in [2.45, 2.75) is 13.1 Å². The lowest BCUT2D eigenvalue weighted by Crippen LogP contribution is -2.39. The van der Waals surface area contributed by atoms with E-state index in [-0.39, 0.29) is 11.5 Å². The third kappa shape index (κ3) is 3.28. The quantitative estimate of drug-likeness (QED) is 0.483. The first kappa shape index (κ1) is 12.5. The highest BCUT2D eigenvalue weighted by Crippen LogP contribution is 2.09. The molecule has 1 aromatic carbocycles. The van der Waals surface area contributed by atoms with E-state index >= 15 is 0 Å². The minimum absolute atomic E-state index is 0.172. The summed E-state index contributed by atoms with van der Waals surface area (Å²) < 4.78 is 1.87. The number of nitrogens with zero attached hydrogens (tertiary/aromatic N) is 2. The van der Waals surface area contributed by atoms with Crippen molar-refractivity contribution in [3.8, 4) is 0 Å². The van der Waals surface area contributed by atoms with Crippen molar-refractivity contribution in [1.29, 1.82) is 0 Å². The number of halogens is 1. The topological polar surface area (TPSA) is 47.0 Å². The fraction of sp³-hybridized carbons (Fsp3) is 0.154. The smallest absolute Gasteiger partial charge is 0.264 e. The predicted molar refractivity (Wildman–Crippen MR) is 67.9 cm³/mol. The minimum atomic E-state index is -0.326. The molecule has 0 spiro atoms. The number of hydrogen-bond donors (Lipinski definition) is 0. The van der Waals surface area contributed by atoms with Crippen molar-refractivity contribution in [1.82, 2.24) is 0 Å². The third-order valence-electron chi connectivity index (χ3n) is 2.59. The highest BCUT2D eigenvalue weighted by Gasteiger charge is 2.15. The fourth-order valence-corrected chi connectivity index (χ4v) is 1.85. The Morgan fingerprint density at radius 3 is 2.56 bits per heavy atom. The van der Waals surface area contributed by atoms with Crippen LogP contribution in [0.2, 0.25) is 5.02 Å². The van der Waals surface area contributed by atoms with Crippen molar-refractivity contribution >= 4 is 11.6 Å². The number of aromatic nitrogens is 1. The molecule has 0 fully saturated rings. The second kappa shape index (κ2) is 5.60. The van der Waals surface area contributed by atoms with E-state index in [1.54, 1.807) is 12.1 Å². The monoisotopic (exact) mass is 263 g/mol. The minimum Gasteiger partial charge on any atom is -0.264 e. The molecule has 1 aromatic heterocycles. The Bertz CT molecular complexity index is 555. The van der Waals surface area contributed by atoms with Crippen LogP contribution in [0, 0.1) is 10.1 Å². The molecule has 1 heterocycles. The van der Waals surface area contributed by atoms with Gasteiger partial charge in [-0.25, -0.2) is 0 Å². The maximum atomic E-state index is 10.6. The van der Waals surface area contributed by atoms with Crippen LogP contribution < -0.4 is 4.57 Å². The van der Waals surface area contributed by atoms with Gasteiger partial charge in [-0.2, -0.15) is 4.57 Å². The largest absolute Gasteiger partial charge is 0.286 e. The molecule has 0 bridgehead atoms. The van der Waals surface area contributed by atoms with E-state index in [1.807, 2.05) is 41.1 Å². The van der Waals surface area contributed by atoms with Gasteiger partial charge in [0.2, 0.25) is 0 Å². The molecule has 0 aliphatic rings. The Balaban J connectivity index is 2.23. The Kier molecular flexibility index (Phi) is 3.89. The number of hydrogen-bond acceptors (Lipinski definition) is 2. The summed E-state index contributed by atoms with van der Waals surface area (Å²) in [4.78, 5) is 10.3. The van der Waals surface area contributed by atoms with Gasteiger partial charge in [0.05, 0.1) is 0 Å². The molecule has 2 aromatic rings. The zero-order valence-corrected chi connectivity index (χ0v) is 10.4. The summed E-state index contributed by atoms with van der Waals surface area (Å²) in [5.74, 6) is 0. The molecule has 92 valence electrons. The number of benzene rings is 1. The summed E-state index contributed by atoms with van der Waals surface area (Å²) in [6.07, 6.45) is 1.84. The Hall–Kier alpha value is -1.94. The molecule has 18 heavy (non-hydrogen) atoms. The highest BCUT2D eigenvalue weighted by molar-refractivity contribution is 6.30. The summed E-state index contributed by atoms with van der Waals surface area (Å²) in [7, 11) is 0. The summed E-state index contributed by atoms with van der Waals surface area (Å²) in [6.45, 7) is 0.426. The van der Waals surface area contributed by atoms with Crippen molar-refractivity contribution in [3.63, 3.8) is 0 Å². The lowest BCUT2D eigenvalue weighted by atomic mass is 10.2. The summed E-state index contributed by atoms with van der Waals surface area (Å²) in [5, 5.41) is 11.3. The molecule has 0 unspecified atom stereocenters. The standard InChI is InChI=1S/C13H12ClN2O2/c14-12-6-4-11(5-7-12)9-15-8-2-1-3-13(15)10-16(17)18/h1-8H,9-10H2/q+1. The van der Waals surface area contributed by atoms with E-state index in [0.29, 0.717) is 17.3 Å². The van der Waals surface area contributed by atoms with E-state index in [9.17, 15) is 10.1 Å². The van der Waals surface area contributed by atoms with Gasteiger partial charge in [0, 0.05) is 27.6 Å². The van der Waals surface area contributed by atoms with E-state index < -0.39 is 0 Å². The van der Waals surface area contributed by atoms with Crippen LogP contribution in [0.3, 0.4) is 0 Å². The number of nitro groups is 1. The average Bonchev–Trinajstić information content (AvgIpc) is 2.34. The van der Waals surface area contributed by atoms with Gasteiger partial charge in [-0.3, -0.25) is 10.1 Å². The van der Waals surface area contributed by atoms with Crippen LogP contribution in [-0.4, -0.2) is 4.92 Å². The molecule has 4 nitrogen and oxygen atoms in total. The van der Waals surface area contributed by atoms with Crippen molar-refractivity contribution in [2.75, 3.05) is 0 Å². The predicted octanol–water partition coefficient (Wildman–Crippen LogP) is 2.45. The molecule has 0 radical (unpaired) electrons. The van der Waals surface area contributed by atoms with E-state index in [2.05, 4.69) is 0 Å². The van der Waals surface area contributed by atoms with Crippen LogP contribution in [0.1, 0.15) is 11.3 Å². The molecular formula is C13H12ClN2O2+. The summed E-state index contributed by atoms with van der Waals surface area (Å²) in [5.41, 5.74) is 1.73. The third-order valence-corrected chi connectivity index (χ3v) is 2.84. The van der Waals surface area contributed by atoms with Crippen molar-refractivity contribution in [2.24, 2.45) is 0 Å². The molecule has 2 rings (SSSR count). The highest BCUT2D eigenvalue weighted by atomic mass is 35.5. The van der Waals surface area contributed by atoms with E-state index in [0.717, 1.165) is 5.56 Å². The van der Waals surface area contributed by atoms with Crippen LogP contribution in [0.5, 0.6) is 0 Å². The van der Waals surface area contributed by atoms with Crippen molar-refractivity contribution < 1.29 is 9.49 Å². The molecule has 0 atom stereocenters. The Morgan fingerprint density at radius 1 is 1.17 bits per heavy atom. The molecule has 0 N–H and O–H groups in total. The number of rotatable bonds is 4. The Morgan fingerprint density at radius 2 is 1.89 bits per heavy atom. The molecule has 0 aliphatic heterocycles. The first-order chi connectivity index (χ1) is 8.65. The van der Waals surface area contributed by atoms with Gasteiger partial charge >= 0.3 is 0 Å². The molecule has 0 aliphatic carbocycles. The molecule has 0 saturated heterocycles. The lowest BCUT2D eigenvalue weighted by Gasteiger charge is -2.01. The van der Waals surface area contributed by atoms with Crippen molar-refractivity contribution in [3.05, 3.63) is 75.1 Å². The van der Waals surface area contributed by atoms with E-state index in [4.69, 9.17) is 11.6 Å². The fourth-order valence-electron chi connectivity index (χ4n) is 1.73. The molecule has 0 amide bonds. The Labute approximate surface area is 110 Å².